The van der Waals surface area contributed by atoms with E-state index in [1.165, 1.54) is 0 Å². The second-order valence-electron chi connectivity index (χ2n) is 4.78. The molecule has 0 bridgehead atoms. The Morgan fingerprint density at radius 3 is 2.83 bits per heavy atom. The fourth-order valence-electron chi connectivity index (χ4n) is 2.46. The third-order valence-electron chi connectivity index (χ3n) is 3.51. The Morgan fingerprint density at radius 2 is 2.00 bits per heavy atom. The number of ether oxygens (including phenoxy) is 3. The molecule has 0 radical (unpaired) electrons. The predicted molar refractivity (Wildman–Crippen MR) is 64.3 cm³/mol. The fourth-order valence-corrected chi connectivity index (χ4v) is 2.46. The molecule has 0 amide bonds. The lowest BCUT2D eigenvalue weighted by Crippen LogP contribution is -2.14. The topological polar surface area (TPSA) is 44.8 Å². The van der Waals surface area contributed by atoms with E-state index in [9.17, 15) is 4.79 Å². The molecule has 96 valence electrons. The van der Waals surface area contributed by atoms with Gasteiger partial charge in [-0.1, -0.05) is 18.9 Å². The fraction of sp³-hybridized carbons (Fsp3) is 0.500. The van der Waals surface area contributed by atoms with Gasteiger partial charge >= 0.3 is 5.97 Å². The molecule has 0 aromatic heterocycles. The van der Waals surface area contributed by atoms with Gasteiger partial charge in [0.05, 0.1) is 5.92 Å². The highest BCUT2D eigenvalue weighted by Crippen LogP contribution is 2.33. The van der Waals surface area contributed by atoms with Crippen LogP contribution in [0.15, 0.2) is 18.2 Å². The smallest absolute Gasteiger partial charge is 0.309 e. The highest BCUT2D eigenvalue weighted by molar-refractivity contribution is 5.72. The Morgan fingerprint density at radius 1 is 1.22 bits per heavy atom. The molecule has 0 atom stereocenters. The van der Waals surface area contributed by atoms with Crippen molar-refractivity contribution in [3.63, 3.8) is 0 Å². The minimum absolute atomic E-state index is 0.0647. The van der Waals surface area contributed by atoms with E-state index in [1.807, 2.05) is 18.2 Å². The number of esters is 1. The van der Waals surface area contributed by atoms with Crippen LogP contribution in [0.2, 0.25) is 0 Å². The quantitative estimate of drug-likeness (QED) is 0.771. The van der Waals surface area contributed by atoms with Gasteiger partial charge in [0.1, 0.15) is 6.61 Å². The highest BCUT2D eigenvalue weighted by atomic mass is 16.7. The van der Waals surface area contributed by atoms with E-state index < -0.39 is 0 Å². The molecule has 0 N–H and O–H groups in total. The molecule has 4 nitrogen and oxygen atoms in total. The zero-order valence-corrected chi connectivity index (χ0v) is 10.2. The molecule has 4 heteroatoms. The second-order valence-corrected chi connectivity index (χ2v) is 4.78. The summed E-state index contributed by atoms with van der Waals surface area (Å²) in [7, 11) is 0. The van der Waals surface area contributed by atoms with Crippen molar-refractivity contribution in [2.45, 2.75) is 32.3 Å². The molecule has 18 heavy (non-hydrogen) atoms. The zero-order valence-electron chi connectivity index (χ0n) is 10.2. The third kappa shape index (κ3) is 2.28. The van der Waals surface area contributed by atoms with Crippen LogP contribution in [0, 0.1) is 5.92 Å². The van der Waals surface area contributed by atoms with Crippen molar-refractivity contribution in [2.75, 3.05) is 6.79 Å². The maximum absolute atomic E-state index is 11.8. The van der Waals surface area contributed by atoms with E-state index in [0.29, 0.717) is 6.61 Å². The van der Waals surface area contributed by atoms with Crippen LogP contribution >= 0.6 is 0 Å². The minimum Gasteiger partial charge on any atom is -0.461 e. The van der Waals surface area contributed by atoms with Gasteiger partial charge in [0.25, 0.3) is 0 Å². The first kappa shape index (κ1) is 11.4. The van der Waals surface area contributed by atoms with Crippen LogP contribution in [0.1, 0.15) is 31.2 Å². The van der Waals surface area contributed by atoms with Crippen LogP contribution in [0.25, 0.3) is 0 Å². The molecule has 1 aliphatic carbocycles. The molecule has 2 aliphatic rings. The van der Waals surface area contributed by atoms with E-state index in [-0.39, 0.29) is 18.7 Å². The maximum Gasteiger partial charge on any atom is 0.309 e. The van der Waals surface area contributed by atoms with Gasteiger partial charge in [-0.3, -0.25) is 4.79 Å². The molecule has 1 aromatic carbocycles. The van der Waals surface area contributed by atoms with Gasteiger partial charge in [0, 0.05) is 0 Å². The molecule has 1 aliphatic heterocycles. The van der Waals surface area contributed by atoms with Crippen molar-refractivity contribution in [1.29, 1.82) is 0 Å². The first-order chi connectivity index (χ1) is 8.83. The van der Waals surface area contributed by atoms with Crippen molar-refractivity contribution in [2.24, 2.45) is 5.92 Å². The number of benzene rings is 1. The summed E-state index contributed by atoms with van der Waals surface area (Å²) in [6.45, 7) is 0.576. The molecule has 1 heterocycles. The maximum atomic E-state index is 11.8. The Labute approximate surface area is 106 Å². The number of fused-ring (bicyclic) bond motifs is 1. The van der Waals surface area contributed by atoms with Gasteiger partial charge in [0.2, 0.25) is 6.79 Å². The Bertz CT molecular complexity index is 449. The number of rotatable bonds is 3. The zero-order chi connectivity index (χ0) is 12.4. The highest BCUT2D eigenvalue weighted by Gasteiger charge is 2.24. The molecule has 0 saturated heterocycles. The van der Waals surface area contributed by atoms with Crippen molar-refractivity contribution >= 4 is 5.97 Å². The van der Waals surface area contributed by atoms with E-state index in [4.69, 9.17) is 14.2 Å². The Hall–Kier alpha value is -1.71. The van der Waals surface area contributed by atoms with Crippen molar-refractivity contribution in [3.8, 4) is 11.5 Å². The van der Waals surface area contributed by atoms with Gasteiger partial charge in [-0.2, -0.15) is 0 Å². The molecule has 0 spiro atoms. The number of hydrogen-bond donors (Lipinski definition) is 0. The number of carbonyl (C=O) groups is 1. The molecule has 0 unspecified atom stereocenters. The largest absolute Gasteiger partial charge is 0.461 e. The van der Waals surface area contributed by atoms with Gasteiger partial charge in [-0.25, -0.2) is 0 Å². The Balaban J connectivity index is 1.58. The molecule has 3 rings (SSSR count). The predicted octanol–water partition coefficient (Wildman–Crippen LogP) is 2.65. The first-order valence-corrected chi connectivity index (χ1v) is 6.38. The summed E-state index contributed by atoms with van der Waals surface area (Å²) < 4.78 is 15.8. The van der Waals surface area contributed by atoms with E-state index in [1.54, 1.807) is 0 Å². The second kappa shape index (κ2) is 4.88. The first-order valence-electron chi connectivity index (χ1n) is 6.38. The van der Waals surface area contributed by atoms with Crippen LogP contribution in [0.5, 0.6) is 11.5 Å². The summed E-state index contributed by atoms with van der Waals surface area (Å²) in [4.78, 5) is 11.8. The lowest BCUT2D eigenvalue weighted by Gasteiger charge is -2.09. The average molecular weight is 248 g/mol. The lowest BCUT2D eigenvalue weighted by atomic mass is 10.1. The summed E-state index contributed by atoms with van der Waals surface area (Å²) in [5, 5.41) is 0. The normalized spacial score (nSPS) is 18.0. The van der Waals surface area contributed by atoms with E-state index >= 15 is 0 Å². The van der Waals surface area contributed by atoms with Gasteiger partial charge in [-0.05, 0) is 30.5 Å². The molecular formula is C14H16O4. The molecule has 1 aromatic rings. The molecule has 1 fully saturated rings. The number of carbonyl (C=O) groups excluding carboxylic acids is 1. The lowest BCUT2D eigenvalue weighted by molar-refractivity contribution is -0.149. The van der Waals surface area contributed by atoms with Crippen LogP contribution in [0.3, 0.4) is 0 Å². The van der Waals surface area contributed by atoms with Crippen LogP contribution < -0.4 is 9.47 Å². The third-order valence-corrected chi connectivity index (χ3v) is 3.51. The van der Waals surface area contributed by atoms with Gasteiger partial charge in [-0.15, -0.1) is 0 Å². The van der Waals surface area contributed by atoms with E-state index in [2.05, 4.69) is 0 Å². The minimum atomic E-state index is -0.0647. The van der Waals surface area contributed by atoms with Crippen LogP contribution in [-0.2, 0) is 16.1 Å². The standard InChI is InChI=1S/C14H16O4/c15-14(11-3-1-2-4-11)16-8-10-5-6-12-13(7-10)18-9-17-12/h5-7,11H,1-4,8-9H2. The van der Waals surface area contributed by atoms with Crippen molar-refractivity contribution < 1.29 is 19.0 Å². The van der Waals surface area contributed by atoms with Gasteiger partial charge in [0.15, 0.2) is 11.5 Å². The molecular weight excluding hydrogens is 232 g/mol. The summed E-state index contributed by atoms with van der Waals surface area (Å²) in [6.07, 6.45) is 4.23. The summed E-state index contributed by atoms with van der Waals surface area (Å²) in [6, 6.07) is 5.61. The van der Waals surface area contributed by atoms with Crippen molar-refractivity contribution in [1.82, 2.24) is 0 Å². The SMILES string of the molecule is O=C(OCc1ccc2c(c1)OCO2)C1CCCC1. The molecule has 1 saturated carbocycles. The summed E-state index contributed by atoms with van der Waals surface area (Å²) in [5.74, 6) is 1.52. The van der Waals surface area contributed by atoms with Crippen LogP contribution in [0.4, 0.5) is 0 Å². The van der Waals surface area contributed by atoms with E-state index in [0.717, 1.165) is 42.7 Å². The number of hydrogen-bond acceptors (Lipinski definition) is 4. The average Bonchev–Trinajstić information content (AvgIpc) is 3.05. The Kier molecular flexibility index (Phi) is 3.09. The van der Waals surface area contributed by atoms with Gasteiger partial charge < -0.3 is 14.2 Å². The van der Waals surface area contributed by atoms with Crippen LogP contribution in [-0.4, -0.2) is 12.8 Å². The summed E-state index contributed by atoms with van der Waals surface area (Å²) in [5.41, 5.74) is 0.936. The van der Waals surface area contributed by atoms with Crippen molar-refractivity contribution in [3.05, 3.63) is 23.8 Å². The summed E-state index contributed by atoms with van der Waals surface area (Å²) >= 11 is 0. The monoisotopic (exact) mass is 248 g/mol.